The maximum atomic E-state index is 2.47. The highest BCUT2D eigenvalue weighted by atomic mass is 14.4. The lowest BCUT2D eigenvalue weighted by Gasteiger charge is -2.43. The number of rotatable bonds is 8. The monoisotopic (exact) mass is 330 g/mol. The molecule has 0 unspecified atom stereocenters. The lowest BCUT2D eigenvalue weighted by Crippen LogP contribution is -2.30. The van der Waals surface area contributed by atoms with Crippen LogP contribution in [0.5, 0.6) is 0 Å². The standard InChI is InChI=1S/C24H42/c1-9-19(2)13-10-11-14-20(3)15-12-16-22-21(4)23(5,6)17-18-24(22,7)8/h9,14H,10-13,15-18H2,1-8H3/b19-9-,20-14+. The van der Waals surface area contributed by atoms with E-state index in [-0.39, 0.29) is 0 Å². The maximum Gasteiger partial charge on any atom is -0.0142 e. The van der Waals surface area contributed by atoms with Crippen LogP contribution in [-0.2, 0) is 0 Å². The fourth-order valence-corrected chi connectivity index (χ4v) is 3.93. The maximum absolute atomic E-state index is 2.47. The molecule has 0 nitrogen and oxygen atoms in total. The molecule has 1 rings (SSSR count). The third kappa shape index (κ3) is 6.26. The molecule has 0 atom stereocenters. The van der Waals surface area contributed by atoms with Crippen molar-refractivity contribution >= 4 is 0 Å². The van der Waals surface area contributed by atoms with Gasteiger partial charge in [-0.05, 0) is 89.9 Å². The van der Waals surface area contributed by atoms with Crippen molar-refractivity contribution in [2.24, 2.45) is 10.8 Å². The van der Waals surface area contributed by atoms with Gasteiger partial charge in [0.15, 0.2) is 0 Å². The highest BCUT2D eigenvalue weighted by Gasteiger charge is 2.36. The summed E-state index contributed by atoms with van der Waals surface area (Å²) in [6, 6.07) is 0. The smallest absolute Gasteiger partial charge is 0.0142 e. The van der Waals surface area contributed by atoms with Gasteiger partial charge in [0.05, 0.1) is 0 Å². The molecule has 0 saturated carbocycles. The molecule has 0 aliphatic heterocycles. The van der Waals surface area contributed by atoms with Gasteiger partial charge in [-0.15, -0.1) is 0 Å². The van der Waals surface area contributed by atoms with Gasteiger partial charge < -0.3 is 0 Å². The van der Waals surface area contributed by atoms with Crippen LogP contribution >= 0.6 is 0 Å². The fourth-order valence-electron chi connectivity index (χ4n) is 3.93. The van der Waals surface area contributed by atoms with Crippen LogP contribution in [0.25, 0.3) is 0 Å². The van der Waals surface area contributed by atoms with Crippen LogP contribution in [0, 0.1) is 10.8 Å². The molecule has 0 bridgehead atoms. The first-order valence-corrected chi connectivity index (χ1v) is 10.1. The zero-order chi connectivity index (χ0) is 18.4. The van der Waals surface area contributed by atoms with Gasteiger partial charge in [-0.3, -0.25) is 0 Å². The SMILES string of the molecule is C/C=C(/C)CCC/C=C(\C)CCCC1=C(C)C(C)(C)CCC1(C)C. The molecular formula is C24H42. The highest BCUT2D eigenvalue weighted by Crippen LogP contribution is 2.50. The lowest BCUT2D eigenvalue weighted by molar-refractivity contribution is 0.254. The van der Waals surface area contributed by atoms with Crippen molar-refractivity contribution in [3.05, 3.63) is 34.4 Å². The Bertz CT molecular complexity index is 494. The highest BCUT2D eigenvalue weighted by molar-refractivity contribution is 5.27. The van der Waals surface area contributed by atoms with Gasteiger partial charge in [0.2, 0.25) is 0 Å². The summed E-state index contributed by atoms with van der Waals surface area (Å²) in [5.74, 6) is 0. The van der Waals surface area contributed by atoms with E-state index in [4.69, 9.17) is 0 Å². The summed E-state index contributed by atoms with van der Waals surface area (Å²) in [6.07, 6.45) is 15.0. The van der Waals surface area contributed by atoms with E-state index in [2.05, 4.69) is 67.5 Å². The molecule has 0 radical (unpaired) electrons. The van der Waals surface area contributed by atoms with Crippen molar-refractivity contribution in [1.29, 1.82) is 0 Å². The minimum Gasteiger partial charge on any atom is -0.0887 e. The molecule has 0 aromatic carbocycles. The molecule has 0 fully saturated rings. The first-order chi connectivity index (χ1) is 11.1. The summed E-state index contributed by atoms with van der Waals surface area (Å²) in [5, 5.41) is 0. The lowest BCUT2D eigenvalue weighted by atomic mass is 9.62. The van der Waals surface area contributed by atoms with Gasteiger partial charge in [0.1, 0.15) is 0 Å². The Balaban J connectivity index is 2.50. The van der Waals surface area contributed by atoms with Gasteiger partial charge >= 0.3 is 0 Å². The Kier molecular flexibility index (Phi) is 8.03. The van der Waals surface area contributed by atoms with Crippen molar-refractivity contribution in [1.82, 2.24) is 0 Å². The predicted molar refractivity (Wildman–Crippen MR) is 110 cm³/mol. The van der Waals surface area contributed by atoms with Gasteiger partial charge in [-0.2, -0.15) is 0 Å². The molecule has 0 saturated heterocycles. The minimum atomic E-state index is 0.403. The third-order valence-electron chi connectivity index (χ3n) is 6.42. The quantitative estimate of drug-likeness (QED) is 0.309. The first kappa shape index (κ1) is 21.3. The summed E-state index contributed by atoms with van der Waals surface area (Å²) in [4.78, 5) is 0. The summed E-state index contributed by atoms with van der Waals surface area (Å²) >= 11 is 0. The summed E-state index contributed by atoms with van der Waals surface area (Å²) in [6.45, 7) is 18.8. The molecule has 24 heavy (non-hydrogen) atoms. The Morgan fingerprint density at radius 3 is 2.12 bits per heavy atom. The van der Waals surface area contributed by atoms with Crippen LogP contribution in [0.1, 0.15) is 107 Å². The van der Waals surface area contributed by atoms with E-state index >= 15 is 0 Å². The molecule has 0 heteroatoms. The average Bonchev–Trinajstić information content (AvgIpc) is 2.51. The van der Waals surface area contributed by atoms with Crippen molar-refractivity contribution in [2.45, 2.75) is 107 Å². The van der Waals surface area contributed by atoms with Crippen LogP contribution in [0.4, 0.5) is 0 Å². The van der Waals surface area contributed by atoms with E-state index in [1.807, 2.05) is 0 Å². The summed E-state index contributed by atoms with van der Waals surface area (Å²) in [5.41, 5.74) is 7.32. The zero-order valence-electron chi connectivity index (χ0n) is 17.8. The molecular weight excluding hydrogens is 288 g/mol. The van der Waals surface area contributed by atoms with E-state index in [0.717, 1.165) is 0 Å². The van der Waals surface area contributed by atoms with Gasteiger partial charge in [-0.25, -0.2) is 0 Å². The molecule has 0 aromatic heterocycles. The van der Waals surface area contributed by atoms with Crippen LogP contribution in [0.2, 0.25) is 0 Å². The Labute approximate surface area is 152 Å². The average molecular weight is 331 g/mol. The minimum absolute atomic E-state index is 0.403. The molecule has 0 amide bonds. The van der Waals surface area contributed by atoms with Crippen LogP contribution in [-0.4, -0.2) is 0 Å². The fraction of sp³-hybridized carbons (Fsp3) is 0.750. The first-order valence-electron chi connectivity index (χ1n) is 10.1. The van der Waals surface area contributed by atoms with E-state index in [0.29, 0.717) is 10.8 Å². The Hall–Kier alpha value is -0.780. The molecule has 0 heterocycles. The number of hydrogen-bond acceptors (Lipinski definition) is 0. The Morgan fingerprint density at radius 2 is 1.50 bits per heavy atom. The van der Waals surface area contributed by atoms with E-state index in [9.17, 15) is 0 Å². The predicted octanol–water partition coefficient (Wildman–Crippen LogP) is 8.40. The molecule has 1 aliphatic carbocycles. The normalized spacial score (nSPS) is 21.3. The molecule has 0 spiro atoms. The van der Waals surface area contributed by atoms with Gasteiger partial charge in [-0.1, -0.05) is 62.1 Å². The van der Waals surface area contributed by atoms with Crippen LogP contribution in [0.3, 0.4) is 0 Å². The summed E-state index contributed by atoms with van der Waals surface area (Å²) in [7, 11) is 0. The second-order valence-corrected chi connectivity index (χ2v) is 9.30. The molecule has 0 N–H and O–H groups in total. The molecule has 0 aromatic rings. The number of unbranched alkanes of at least 4 members (excludes halogenated alkanes) is 1. The second kappa shape index (κ2) is 9.07. The third-order valence-corrected chi connectivity index (χ3v) is 6.42. The van der Waals surface area contributed by atoms with E-state index < -0.39 is 0 Å². The van der Waals surface area contributed by atoms with Gasteiger partial charge in [0, 0.05) is 0 Å². The van der Waals surface area contributed by atoms with Crippen molar-refractivity contribution < 1.29 is 0 Å². The number of allylic oxidation sites excluding steroid dienone is 6. The summed E-state index contributed by atoms with van der Waals surface area (Å²) < 4.78 is 0. The topological polar surface area (TPSA) is 0 Å². The molecule has 1 aliphatic rings. The number of hydrogen-bond donors (Lipinski definition) is 0. The van der Waals surface area contributed by atoms with Crippen LogP contribution in [0.15, 0.2) is 34.4 Å². The zero-order valence-corrected chi connectivity index (χ0v) is 17.8. The van der Waals surface area contributed by atoms with E-state index in [1.165, 1.54) is 56.9 Å². The van der Waals surface area contributed by atoms with Gasteiger partial charge in [0.25, 0.3) is 0 Å². The van der Waals surface area contributed by atoms with E-state index in [1.54, 1.807) is 16.7 Å². The van der Waals surface area contributed by atoms with Crippen LogP contribution < -0.4 is 0 Å². The van der Waals surface area contributed by atoms with Crippen molar-refractivity contribution in [3.8, 4) is 0 Å². The van der Waals surface area contributed by atoms with Crippen molar-refractivity contribution in [3.63, 3.8) is 0 Å². The largest absolute Gasteiger partial charge is 0.0887 e. The van der Waals surface area contributed by atoms with Crippen molar-refractivity contribution in [2.75, 3.05) is 0 Å². The second-order valence-electron chi connectivity index (χ2n) is 9.30. The molecule has 138 valence electrons. The Morgan fingerprint density at radius 1 is 0.917 bits per heavy atom.